The predicted molar refractivity (Wildman–Crippen MR) is 84.9 cm³/mol. The van der Waals surface area contributed by atoms with Crippen LogP contribution in [-0.4, -0.2) is 43.0 Å². The molecule has 1 N–H and O–H groups in total. The van der Waals surface area contributed by atoms with E-state index in [4.69, 9.17) is 0 Å². The van der Waals surface area contributed by atoms with Crippen molar-refractivity contribution in [2.45, 2.75) is 13.0 Å². The highest BCUT2D eigenvalue weighted by Gasteiger charge is 2.12. The van der Waals surface area contributed by atoms with Crippen LogP contribution in [0.5, 0.6) is 5.75 Å². The number of hydrogen-bond donors (Lipinski definition) is 1. The molecule has 1 heterocycles. The number of hydrogen-bond acceptors (Lipinski definition) is 5. The van der Waals surface area contributed by atoms with E-state index >= 15 is 0 Å². The topological polar surface area (TPSA) is 78.3 Å². The van der Waals surface area contributed by atoms with E-state index in [1.165, 1.54) is 29.3 Å². The summed E-state index contributed by atoms with van der Waals surface area (Å²) >= 11 is 0. The third-order valence-electron chi connectivity index (χ3n) is 3.32. The monoisotopic (exact) mass is 334 g/mol. The minimum Gasteiger partial charge on any atom is -0.435 e. The first-order valence-corrected chi connectivity index (χ1v) is 7.14. The number of amides is 1. The number of anilines is 1. The van der Waals surface area contributed by atoms with E-state index in [-0.39, 0.29) is 23.6 Å². The molecule has 0 aliphatic carbocycles. The molecule has 0 radical (unpaired) electrons. The first-order chi connectivity index (χ1) is 11.4. The maximum atomic E-state index is 12.4. The molecular formula is C16H16F2N4O2. The lowest BCUT2D eigenvalue weighted by Gasteiger charge is -2.14. The van der Waals surface area contributed by atoms with E-state index in [1.54, 1.807) is 14.1 Å². The Bertz CT molecular complexity index is 787. The third kappa shape index (κ3) is 4.07. The van der Waals surface area contributed by atoms with E-state index < -0.39 is 6.61 Å². The molecule has 8 heteroatoms. The maximum absolute atomic E-state index is 12.4. The zero-order valence-corrected chi connectivity index (χ0v) is 13.2. The lowest BCUT2D eigenvalue weighted by Crippen LogP contribution is -2.24. The van der Waals surface area contributed by atoms with Crippen LogP contribution < -0.4 is 10.1 Å². The standard InChI is InChI=1S/C16H16F2N4O2/c1-22(2)14(23)5-6-20-15-10(8-19)9-21-13-4-3-11(7-12(13)15)24-16(17)18/h3-4,7,9,16H,5-6H2,1-2H3,(H,20,21). The van der Waals surface area contributed by atoms with Gasteiger partial charge in [-0.05, 0) is 18.2 Å². The van der Waals surface area contributed by atoms with Crippen LogP contribution in [0.15, 0.2) is 24.4 Å². The largest absolute Gasteiger partial charge is 0.435 e. The second kappa shape index (κ2) is 7.55. The van der Waals surface area contributed by atoms with Gasteiger partial charge in [-0.15, -0.1) is 0 Å². The molecule has 2 aromatic rings. The van der Waals surface area contributed by atoms with Gasteiger partial charge < -0.3 is 15.0 Å². The van der Waals surface area contributed by atoms with Crippen LogP contribution in [0, 0.1) is 11.3 Å². The predicted octanol–water partition coefficient (Wildman–Crippen LogP) is 2.60. The molecule has 1 aromatic carbocycles. The molecule has 0 saturated carbocycles. The molecule has 24 heavy (non-hydrogen) atoms. The highest BCUT2D eigenvalue weighted by molar-refractivity contribution is 5.95. The highest BCUT2D eigenvalue weighted by atomic mass is 19.3. The summed E-state index contributed by atoms with van der Waals surface area (Å²) in [4.78, 5) is 17.2. The van der Waals surface area contributed by atoms with Crippen molar-refractivity contribution in [3.63, 3.8) is 0 Å². The van der Waals surface area contributed by atoms with E-state index in [0.29, 0.717) is 23.1 Å². The van der Waals surface area contributed by atoms with Crippen molar-refractivity contribution < 1.29 is 18.3 Å². The van der Waals surface area contributed by atoms with E-state index in [2.05, 4.69) is 15.0 Å². The van der Waals surface area contributed by atoms with Crippen molar-refractivity contribution in [1.29, 1.82) is 5.26 Å². The van der Waals surface area contributed by atoms with E-state index in [0.717, 1.165) is 0 Å². The van der Waals surface area contributed by atoms with Gasteiger partial charge in [-0.2, -0.15) is 14.0 Å². The summed E-state index contributed by atoms with van der Waals surface area (Å²) in [5, 5.41) is 12.7. The van der Waals surface area contributed by atoms with Crippen LogP contribution in [0.4, 0.5) is 14.5 Å². The second-order valence-corrected chi connectivity index (χ2v) is 5.18. The molecular weight excluding hydrogens is 318 g/mol. The van der Waals surface area contributed by atoms with Crippen molar-refractivity contribution >= 4 is 22.5 Å². The third-order valence-corrected chi connectivity index (χ3v) is 3.32. The molecule has 0 fully saturated rings. The summed E-state index contributed by atoms with van der Waals surface area (Å²) in [5.41, 5.74) is 1.22. The minimum absolute atomic E-state index is 0.0261. The number of pyridine rings is 1. The smallest absolute Gasteiger partial charge is 0.387 e. The number of fused-ring (bicyclic) bond motifs is 1. The Labute approximate surface area is 137 Å². The molecule has 1 amide bonds. The van der Waals surface area contributed by atoms with Crippen molar-refractivity contribution in [1.82, 2.24) is 9.88 Å². The summed E-state index contributed by atoms with van der Waals surface area (Å²) in [5.74, 6) is -0.0945. The van der Waals surface area contributed by atoms with Crippen LogP contribution in [0.2, 0.25) is 0 Å². The molecule has 0 saturated heterocycles. The lowest BCUT2D eigenvalue weighted by atomic mass is 10.1. The Morgan fingerprint density at radius 1 is 1.46 bits per heavy atom. The van der Waals surface area contributed by atoms with Gasteiger partial charge in [0.2, 0.25) is 5.91 Å². The first-order valence-electron chi connectivity index (χ1n) is 7.14. The van der Waals surface area contributed by atoms with Crippen LogP contribution in [0.3, 0.4) is 0 Å². The average molecular weight is 334 g/mol. The van der Waals surface area contributed by atoms with Gasteiger partial charge in [0.15, 0.2) is 0 Å². The fraction of sp³-hybridized carbons (Fsp3) is 0.312. The molecule has 2 rings (SSSR count). The Morgan fingerprint density at radius 3 is 2.83 bits per heavy atom. The summed E-state index contributed by atoms with van der Waals surface area (Å²) in [6.07, 6.45) is 1.63. The van der Waals surface area contributed by atoms with Gasteiger partial charge in [0.25, 0.3) is 0 Å². The van der Waals surface area contributed by atoms with Gasteiger partial charge in [-0.1, -0.05) is 0 Å². The fourth-order valence-corrected chi connectivity index (χ4v) is 2.14. The molecule has 0 bridgehead atoms. The summed E-state index contributed by atoms with van der Waals surface area (Å²) < 4.78 is 29.2. The Balaban J connectivity index is 2.33. The number of carbonyl (C=O) groups excluding carboxylic acids is 1. The first kappa shape index (κ1) is 17.4. The number of benzene rings is 1. The number of nitrogens with one attached hydrogen (secondary N) is 1. The Hall–Kier alpha value is -2.95. The van der Waals surface area contributed by atoms with E-state index in [9.17, 15) is 18.8 Å². The Kier molecular flexibility index (Phi) is 5.47. The van der Waals surface area contributed by atoms with Crippen molar-refractivity contribution in [3.8, 4) is 11.8 Å². The average Bonchev–Trinajstić information content (AvgIpc) is 2.54. The molecule has 6 nitrogen and oxygen atoms in total. The normalized spacial score (nSPS) is 10.5. The van der Waals surface area contributed by atoms with Crippen molar-refractivity contribution in [2.24, 2.45) is 0 Å². The number of alkyl halides is 2. The number of halogens is 2. The fourth-order valence-electron chi connectivity index (χ4n) is 2.14. The number of rotatable bonds is 6. The SMILES string of the molecule is CN(C)C(=O)CCNc1c(C#N)cnc2ccc(OC(F)F)cc12. The molecule has 0 unspecified atom stereocenters. The van der Waals surface area contributed by atoms with Gasteiger partial charge in [-0.3, -0.25) is 9.78 Å². The van der Waals surface area contributed by atoms with E-state index in [1.807, 2.05) is 6.07 Å². The highest BCUT2D eigenvalue weighted by Crippen LogP contribution is 2.29. The van der Waals surface area contributed by atoms with Gasteiger partial charge in [0.05, 0.1) is 16.8 Å². The number of ether oxygens (including phenoxy) is 1. The maximum Gasteiger partial charge on any atom is 0.387 e. The van der Waals surface area contributed by atoms with Gasteiger partial charge in [-0.25, -0.2) is 0 Å². The van der Waals surface area contributed by atoms with Crippen LogP contribution in [0.1, 0.15) is 12.0 Å². The zero-order valence-electron chi connectivity index (χ0n) is 13.2. The summed E-state index contributed by atoms with van der Waals surface area (Å²) in [6, 6.07) is 6.31. The Morgan fingerprint density at radius 2 is 2.21 bits per heavy atom. The molecule has 126 valence electrons. The number of carbonyl (C=O) groups is 1. The molecule has 0 aliphatic rings. The zero-order chi connectivity index (χ0) is 17.7. The summed E-state index contributed by atoms with van der Waals surface area (Å²) in [6.45, 7) is -2.64. The van der Waals surface area contributed by atoms with Gasteiger partial charge >= 0.3 is 6.61 Å². The van der Waals surface area contributed by atoms with Gasteiger partial charge in [0.1, 0.15) is 11.8 Å². The summed E-state index contributed by atoms with van der Waals surface area (Å²) in [7, 11) is 3.30. The number of nitrogens with zero attached hydrogens (tertiary/aromatic N) is 3. The minimum atomic E-state index is -2.94. The molecule has 1 aromatic heterocycles. The van der Waals surface area contributed by atoms with Crippen LogP contribution in [0.25, 0.3) is 10.9 Å². The molecule has 0 atom stereocenters. The van der Waals surface area contributed by atoms with Crippen LogP contribution >= 0.6 is 0 Å². The van der Waals surface area contributed by atoms with Gasteiger partial charge in [0, 0.05) is 38.6 Å². The lowest BCUT2D eigenvalue weighted by molar-refractivity contribution is -0.128. The second-order valence-electron chi connectivity index (χ2n) is 5.18. The number of nitriles is 1. The van der Waals surface area contributed by atoms with Crippen molar-refractivity contribution in [2.75, 3.05) is 26.0 Å². The quantitative estimate of drug-likeness (QED) is 0.878. The molecule has 0 spiro atoms. The van der Waals surface area contributed by atoms with Crippen molar-refractivity contribution in [3.05, 3.63) is 30.0 Å². The number of aromatic nitrogens is 1. The van der Waals surface area contributed by atoms with Crippen LogP contribution in [-0.2, 0) is 4.79 Å². The molecule has 0 aliphatic heterocycles.